The molecule has 0 unspecified atom stereocenters. The summed E-state index contributed by atoms with van der Waals surface area (Å²) in [5.41, 5.74) is 1.22. The van der Waals surface area contributed by atoms with Crippen LogP contribution < -0.4 is 10.2 Å². The largest absolute Gasteiger partial charge is 0.356 e. The summed E-state index contributed by atoms with van der Waals surface area (Å²) >= 11 is 6.33. The number of hydrogen-bond donors (Lipinski definition) is 1. The number of rotatable bonds is 5. The molecule has 0 atom stereocenters. The van der Waals surface area contributed by atoms with Crippen molar-refractivity contribution in [2.75, 3.05) is 57.8 Å². The van der Waals surface area contributed by atoms with Gasteiger partial charge in [0.15, 0.2) is 5.96 Å². The minimum Gasteiger partial charge on any atom is -0.356 e. The zero-order valence-electron chi connectivity index (χ0n) is 18.7. The van der Waals surface area contributed by atoms with E-state index in [1.54, 1.807) is 12.4 Å². The van der Waals surface area contributed by atoms with Crippen LogP contribution in [0.25, 0.3) is 0 Å². The van der Waals surface area contributed by atoms with E-state index in [2.05, 4.69) is 47.1 Å². The third kappa shape index (κ3) is 6.68. The lowest BCUT2D eigenvalue weighted by Crippen LogP contribution is -2.53. The van der Waals surface area contributed by atoms with Gasteiger partial charge in [-0.1, -0.05) is 29.8 Å². The molecule has 0 amide bonds. The summed E-state index contributed by atoms with van der Waals surface area (Å²) in [5, 5.41) is 4.49. The smallest absolute Gasteiger partial charge is 0.225 e. The molecule has 2 fully saturated rings. The number of nitrogens with one attached hydrogen (secondary N) is 1. The molecule has 7 nitrogen and oxygen atoms in total. The number of piperidine rings is 1. The van der Waals surface area contributed by atoms with Crippen LogP contribution in [-0.2, 0) is 6.54 Å². The lowest BCUT2D eigenvalue weighted by molar-refractivity contribution is 0.177. The van der Waals surface area contributed by atoms with Crippen molar-refractivity contribution < 1.29 is 0 Å². The second kappa shape index (κ2) is 12.6. The molecular formula is C23H33ClIN7. The van der Waals surface area contributed by atoms with Gasteiger partial charge in [-0.15, -0.1) is 24.0 Å². The van der Waals surface area contributed by atoms with Crippen molar-refractivity contribution in [3.8, 4) is 0 Å². The van der Waals surface area contributed by atoms with Crippen molar-refractivity contribution in [1.82, 2.24) is 25.1 Å². The normalized spacial score (nSPS) is 18.4. The predicted molar refractivity (Wildman–Crippen MR) is 142 cm³/mol. The van der Waals surface area contributed by atoms with Gasteiger partial charge in [0.1, 0.15) is 0 Å². The van der Waals surface area contributed by atoms with E-state index in [1.165, 1.54) is 18.4 Å². The maximum atomic E-state index is 6.33. The minimum atomic E-state index is 0. The lowest BCUT2D eigenvalue weighted by atomic mass is 9.96. The number of piperazine rings is 1. The average molecular weight is 570 g/mol. The van der Waals surface area contributed by atoms with Crippen molar-refractivity contribution in [2.45, 2.75) is 19.4 Å². The number of anilines is 1. The molecule has 1 aromatic carbocycles. The molecule has 0 bridgehead atoms. The Labute approximate surface area is 213 Å². The van der Waals surface area contributed by atoms with Crippen molar-refractivity contribution in [3.05, 3.63) is 53.3 Å². The number of likely N-dealkylation sites (tertiary alicyclic amines) is 1. The highest BCUT2D eigenvalue weighted by Gasteiger charge is 2.23. The van der Waals surface area contributed by atoms with Crippen LogP contribution in [0.2, 0.25) is 5.02 Å². The molecule has 1 N–H and O–H groups in total. The summed E-state index contributed by atoms with van der Waals surface area (Å²) in [6.07, 6.45) is 6.00. The van der Waals surface area contributed by atoms with Gasteiger partial charge in [0.2, 0.25) is 5.95 Å². The van der Waals surface area contributed by atoms with E-state index in [-0.39, 0.29) is 24.0 Å². The molecule has 0 aliphatic carbocycles. The molecule has 32 heavy (non-hydrogen) atoms. The van der Waals surface area contributed by atoms with E-state index in [9.17, 15) is 0 Å². The average Bonchev–Trinajstić information content (AvgIpc) is 2.83. The molecule has 1 aromatic heterocycles. The van der Waals surface area contributed by atoms with Gasteiger partial charge in [-0.2, -0.15) is 0 Å². The van der Waals surface area contributed by atoms with Gasteiger partial charge >= 0.3 is 0 Å². The fraction of sp³-hybridized carbons (Fsp3) is 0.522. The van der Waals surface area contributed by atoms with Crippen LogP contribution >= 0.6 is 35.6 Å². The molecule has 4 rings (SSSR count). The highest BCUT2D eigenvalue weighted by Crippen LogP contribution is 2.22. The van der Waals surface area contributed by atoms with Crippen molar-refractivity contribution in [3.63, 3.8) is 0 Å². The van der Waals surface area contributed by atoms with Gasteiger partial charge in [0.25, 0.3) is 0 Å². The first-order valence-electron chi connectivity index (χ1n) is 11.2. The summed E-state index contributed by atoms with van der Waals surface area (Å²) in [4.78, 5) is 20.3. The Morgan fingerprint density at radius 1 is 1.03 bits per heavy atom. The van der Waals surface area contributed by atoms with E-state index in [1.807, 2.05) is 25.2 Å². The second-order valence-corrected chi connectivity index (χ2v) is 8.67. The number of nitrogens with zero attached hydrogens (tertiary/aromatic N) is 6. The third-order valence-corrected chi connectivity index (χ3v) is 6.60. The van der Waals surface area contributed by atoms with E-state index < -0.39 is 0 Å². The maximum absolute atomic E-state index is 6.33. The third-order valence-electron chi connectivity index (χ3n) is 6.23. The van der Waals surface area contributed by atoms with Gasteiger partial charge < -0.3 is 15.1 Å². The molecule has 0 radical (unpaired) electrons. The van der Waals surface area contributed by atoms with Crippen molar-refractivity contribution in [2.24, 2.45) is 10.9 Å². The molecule has 2 saturated heterocycles. The molecule has 0 spiro atoms. The van der Waals surface area contributed by atoms with Crippen LogP contribution in [0.15, 0.2) is 47.7 Å². The fourth-order valence-corrected chi connectivity index (χ4v) is 4.55. The van der Waals surface area contributed by atoms with Gasteiger partial charge in [0, 0.05) is 63.7 Å². The molecule has 0 saturated carbocycles. The number of halogens is 2. The topological polar surface area (TPSA) is 59.9 Å². The first-order chi connectivity index (χ1) is 15.2. The maximum Gasteiger partial charge on any atom is 0.225 e. The lowest BCUT2D eigenvalue weighted by Gasteiger charge is -2.37. The van der Waals surface area contributed by atoms with Crippen LogP contribution in [0.4, 0.5) is 5.95 Å². The van der Waals surface area contributed by atoms with E-state index in [0.29, 0.717) is 5.92 Å². The molecule has 174 valence electrons. The summed E-state index contributed by atoms with van der Waals surface area (Å²) in [6.45, 7) is 7.82. The number of aliphatic imine (C=N–C) groups is 1. The fourth-order valence-electron chi connectivity index (χ4n) is 4.36. The number of guanidine groups is 1. The predicted octanol–water partition coefficient (Wildman–Crippen LogP) is 3.36. The Morgan fingerprint density at radius 2 is 1.72 bits per heavy atom. The Balaban J connectivity index is 0.00000289. The number of hydrogen-bond acceptors (Lipinski definition) is 5. The first kappa shape index (κ1) is 25.0. The Hall–Kier alpha value is -1.65. The van der Waals surface area contributed by atoms with E-state index in [4.69, 9.17) is 11.6 Å². The van der Waals surface area contributed by atoms with Gasteiger partial charge in [-0.25, -0.2) is 9.97 Å². The summed E-state index contributed by atoms with van der Waals surface area (Å²) in [7, 11) is 1.88. The molecule has 2 aliphatic heterocycles. The highest BCUT2D eigenvalue weighted by molar-refractivity contribution is 14.0. The SMILES string of the molecule is CN=C(NCC1CCN(Cc2ccccc2Cl)CC1)N1CCN(c2ncccn2)CC1.I. The first-order valence-corrected chi connectivity index (χ1v) is 11.5. The Morgan fingerprint density at radius 3 is 2.38 bits per heavy atom. The monoisotopic (exact) mass is 569 g/mol. The van der Waals surface area contributed by atoms with Crippen molar-refractivity contribution >= 4 is 47.5 Å². The molecule has 3 heterocycles. The van der Waals surface area contributed by atoms with Gasteiger partial charge in [-0.05, 0) is 49.5 Å². The van der Waals surface area contributed by atoms with Gasteiger partial charge in [0.05, 0.1) is 0 Å². The zero-order chi connectivity index (χ0) is 21.5. The van der Waals surface area contributed by atoms with Crippen LogP contribution in [0.3, 0.4) is 0 Å². The van der Waals surface area contributed by atoms with E-state index >= 15 is 0 Å². The molecule has 2 aliphatic rings. The van der Waals surface area contributed by atoms with E-state index in [0.717, 1.165) is 69.3 Å². The summed E-state index contributed by atoms with van der Waals surface area (Å²) in [5.74, 6) is 2.50. The number of aromatic nitrogens is 2. The highest BCUT2D eigenvalue weighted by atomic mass is 127. The van der Waals surface area contributed by atoms with Crippen LogP contribution in [0.1, 0.15) is 18.4 Å². The van der Waals surface area contributed by atoms with Crippen LogP contribution in [0, 0.1) is 5.92 Å². The van der Waals surface area contributed by atoms with Crippen molar-refractivity contribution in [1.29, 1.82) is 0 Å². The second-order valence-electron chi connectivity index (χ2n) is 8.26. The summed E-state index contributed by atoms with van der Waals surface area (Å²) in [6, 6.07) is 10.0. The molecule has 9 heteroatoms. The standard InChI is InChI=1S/C23H32ClN7.HI/c1-25-22(30-13-15-31(16-14-30)23-26-9-4-10-27-23)28-17-19-7-11-29(12-8-19)18-20-5-2-3-6-21(20)24;/h2-6,9-10,19H,7-8,11-18H2,1H3,(H,25,28);1H. The minimum absolute atomic E-state index is 0. The van der Waals surface area contributed by atoms with Crippen LogP contribution in [-0.4, -0.2) is 78.6 Å². The Bertz CT molecular complexity index is 850. The number of benzene rings is 1. The zero-order valence-corrected chi connectivity index (χ0v) is 21.7. The quantitative estimate of drug-likeness (QED) is 0.339. The van der Waals surface area contributed by atoms with Crippen LogP contribution in [0.5, 0.6) is 0 Å². The summed E-state index contributed by atoms with van der Waals surface area (Å²) < 4.78 is 0. The Kier molecular flexibility index (Phi) is 9.80. The molecule has 2 aromatic rings. The molecular weight excluding hydrogens is 537 g/mol. The van der Waals surface area contributed by atoms with Gasteiger partial charge in [-0.3, -0.25) is 9.89 Å².